The molecule has 0 bridgehead atoms. The van der Waals surface area contributed by atoms with Crippen LogP contribution < -0.4 is 4.74 Å². The molecule has 0 aliphatic carbocycles. The molecule has 0 amide bonds. The summed E-state index contributed by atoms with van der Waals surface area (Å²) < 4.78 is 11.8. The molecule has 2 heteroatoms. The SMILES string of the molecule is C=Cc1ccc(OC(CCC)OC(C)(C)C)cc1. The third kappa shape index (κ3) is 5.37. The summed E-state index contributed by atoms with van der Waals surface area (Å²) in [6.45, 7) is 12.0. The minimum Gasteiger partial charge on any atom is -0.465 e. The normalized spacial score (nSPS) is 13.1. The van der Waals surface area contributed by atoms with Crippen LogP contribution >= 0.6 is 0 Å². The van der Waals surface area contributed by atoms with E-state index < -0.39 is 0 Å². The first kappa shape index (κ1) is 14.8. The van der Waals surface area contributed by atoms with Crippen molar-refractivity contribution in [2.24, 2.45) is 0 Å². The molecule has 1 rings (SSSR count). The zero-order chi connectivity index (χ0) is 13.6. The predicted octanol–water partition coefficient (Wildman–Crippen LogP) is 4.65. The lowest BCUT2D eigenvalue weighted by Crippen LogP contribution is -2.31. The third-order valence-corrected chi connectivity index (χ3v) is 2.39. The van der Waals surface area contributed by atoms with Gasteiger partial charge in [-0.1, -0.05) is 38.1 Å². The van der Waals surface area contributed by atoms with E-state index in [1.54, 1.807) is 0 Å². The van der Waals surface area contributed by atoms with Crippen LogP contribution in [0.3, 0.4) is 0 Å². The number of ether oxygens (including phenoxy) is 2. The van der Waals surface area contributed by atoms with E-state index in [-0.39, 0.29) is 11.9 Å². The van der Waals surface area contributed by atoms with Crippen LogP contribution in [0.1, 0.15) is 46.1 Å². The van der Waals surface area contributed by atoms with Gasteiger partial charge >= 0.3 is 0 Å². The molecule has 0 heterocycles. The molecule has 0 aromatic heterocycles. The first-order valence-corrected chi connectivity index (χ1v) is 6.51. The highest BCUT2D eigenvalue weighted by Crippen LogP contribution is 2.20. The van der Waals surface area contributed by atoms with Crippen molar-refractivity contribution in [1.82, 2.24) is 0 Å². The van der Waals surface area contributed by atoms with Gasteiger partial charge in [-0.2, -0.15) is 0 Å². The van der Waals surface area contributed by atoms with Crippen LogP contribution in [0.25, 0.3) is 6.08 Å². The van der Waals surface area contributed by atoms with Crippen molar-refractivity contribution < 1.29 is 9.47 Å². The molecule has 1 unspecified atom stereocenters. The summed E-state index contributed by atoms with van der Waals surface area (Å²) in [4.78, 5) is 0. The number of hydrogen-bond acceptors (Lipinski definition) is 2. The lowest BCUT2D eigenvalue weighted by Gasteiger charge is -2.27. The maximum Gasteiger partial charge on any atom is 0.200 e. The molecule has 1 atom stereocenters. The van der Waals surface area contributed by atoms with Gasteiger partial charge in [0.1, 0.15) is 5.75 Å². The second kappa shape index (κ2) is 6.60. The van der Waals surface area contributed by atoms with E-state index in [4.69, 9.17) is 9.47 Å². The van der Waals surface area contributed by atoms with Gasteiger partial charge in [-0.3, -0.25) is 0 Å². The van der Waals surface area contributed by atoms with Crippen molar-refractivity contribution in [2.75, 3.05) is 0 Å². The molecule has 0 N–H and O–H groups in total. The first-order valence-electron chi connectivity index (χ1n) is 6.51. The average molecular weight is 248 g/mol. The van der Waals surface area contributed by atoms with Crippen LogP contribution in [-0.2, 0) is 4.74 Å². The van der Waals surface area contributed by atoms with Crippen molar-refractivity contribution in [1.29, 1.82) is 0 Å². The fourth-order valence-corrected chi connectivity index (χ4v) is 1.61. The molecular weight excluding hydrogens is 224 g/mol. The smallest absolute Gasteiger partial charge is 0.200 e. The predicted molar refractivity (Wildman–Crippen MR) is 76.7 cm³/mol. The topological polar surface area (TPSA) is 18.5 Å². The molecule has 0 saturated carbocycles. The van der Waals surface area contributed by atoms with Crippen molar-refractivity contribution in [3.05, 3.63) is 36.4 Å². The molecule has 100 valence electrons. The van der Waals surface area contributed by atoms with Crippen LogP contribution in [0, 0.1) is 0 Å². The second-order valence-electron chi connectivity index (χ2n) is 5.34. The summed E-state index contributed by atoms with van der Waals surface area (Å²) in [5.41, 5.74) is 0.895. The molecule has 1 aromatic rings. The van der Waals surface area contributed by atoms with E-state index in [2.05, 4.69) is 13.5 Å². The van der Waals surface area contributed by atoms with E-state index in [1.165, 1.54) is 0 Å². The molecule has 0 spiro atoms. The molecule has 1 aromatic carbocycles. The molecule has 0 aliphatic heterocycles. The summed E-state index contributed by atoms with van der Waals surface area (Å²) in [6.07, 6.45) is 3.55. The minimum absolute atomic E-state index is 0.190. The maximum atomic E-state index is 5.90. The summed E-state index contributed by atoms with van der Waals surface area (Å²) in [7, 11) is 0. The highest BCUT2D eigenvalue weighted by Gasteiger charge is 2.19. The van der Waals surface area contributed by atoms with Gasteiger partial charge in [0.15, 0.2) is 6.29 Å². The highest BCUT2D eigenvalue weighted by atomic mass is 16.7. The number of benzene rings is 1. The Morgan fingerprint density at radius 2 is 1.83 bits per heavy atom. The Morgan fingerprint density at radius 1 is 1.22 bits per heavy atom. The zero-order valence-corrected chi connectivity index (χ0v) is 11.9. The average Bonchev–Trinajstić information content (AvgIpc) is 2.28. The lowest BCUT2D eigenvalue weighted by molar-refractivity contribution is -0.153. The Morgan fingerprint density at radius 3 is 2.28 bits per heavy atom. The molecule has 2 nitrogen and oxygen atoms in total. The van der Waals surface area contributed by atoms with Crippen LogP contribution in [0.4, 0.5) is 0 Å². The van der Waals surface area contributed by atoms with E-state index >= 15 is 0 Å². The Labute approximate surface area is 111 Å². The fourth-order valence-electron chi connectivity index (χ4n) is 1.61. The van der Waals surface area contributed by atoms with Gasteiger partial charge in [-0.15, -0.1) is 0 Å². The maximum absolute atomic E-state index is 5.90. The van der Waals surface area contributed by atoms with Crippen LogP contribution in [0.15, 0.2) is 30.8 Å². The van der Waals surface area contributed by atoms with Gasteiger partial charge in [0.05, 0.1) is 5.60 Å². The third-order valence-electron chi connectivity index (χ3n) is 2.39. The number of hydrogen-bond donors (Lipinski definition) is 0. The van der Waals surface area contributed by atoms with Crippen molar-refractivity contribution >= 4 is 6.08 Å². The Balaban J connectivity index is 2.66. The summed E-state index contributed by atoms with van der Waals surface area (Å²) in [5, 5.41) is 0. The zero-order valence-electron chi connectivity index (χ0n) is 11.9. The summed E-state index contributed by atoms with van der Waals surface area (Å²) in [5.74, 6) is 0.836. The minimum atomic E-state index is -0.194. The molecule has 0 fully saturated rings. The van der Waals surface area contributed by atoms with Gasteiger partial charge < -0.3 is 9.47 Å². The summed E-state index contributed by atoms with van der Waals surface area (Å²) >= 11 is 0. The Bertz CT molecular complexity index is 360. The first-order chi connectivity index (χ1) is 8.44. The van der Waals surface area contributed by atoms with Gasteiger partial charge in [-0.25, -0.2) is 0 Å². The Hall–Kier alpha value is -1.28. The van der Waals surface area contributed by atoms with Crippen LogP contribution in [0.5, 0.6) is 5.75 Å². The summed E-state index contributed by atoms with van der Waals surface area (Å²) in [6, 6.07) is 7.88. The second-order valence-corrected chi connectivity index (χ2v) is 5.34. The largest absolute Gasteiger partial charge is 0.465 e. The van der Waals surface area contributed by atoms with E-state index in [0.717, 1.165) is 24.2 Å². The molecule has 0 saturated heterocycles. The van der Waals surface area contributed by atoms with E-state index in [9.17, 15) is 0 Å². The van der Waals surface area contributed by atoms with Crippen molar-refractivity contribution in [3.8, 4) is 5.75 Å². The molecule has 18 heavy (non-hydrogen) atoms. The van der Waals surface area contributed by atoms with E-state index in [1.807, 2.05) is 51.1 Å². The van der Waals surface area contributed by atoms with Crippen LogP contribution in [-0.4, -0.2) is 11.9 Å². The number of rotatable bonds is 6. The monoisotopic (exact) mass is 248 g/mol. The molecule has 0 radical (unpaired) electrons. The highest BCUT2D eigenvalue weighted by molar-refractivity contribution is 5.48. The molecular formula is C16H24O2. The fraction of sp³-hybridized carbons (Fsp3) is 0.500. The van der Waals surface area contributed by atoms with Crippen molar-refractivity contribution in [3.63, 3.8) is 0 Å². The standard InChI is InChI=1S/C16H24O2/c1-6-8-15(18-16(3,4)5)17-14-11-9-13(7-2)10-12-14/h7,9-12,15H,2,6,8H2,1,3-5H3. The quantitative estimate of drug-likeness (QED) is 0.682. The molecule has 0 aliphatic rings. The van der Waals surface area contributed by atoms with Crippen LogP contribution in [0.2, 0.25) is 0 Å². The van der Waals surface area contributed by atoms with Gasteiger partial charge in [-0.05, 0) is 38.5 Å². The van der Waals surface area contributed by atoms with Gasteiger partial charge in [0, 0.05) is 6.42 Å². The van der Waals surface area contributed by atoms with E-state index in [0.29, 0.717) is 0 Å². The van der Waals surface area contributed by atoms with Gasteiger partial charge in [0.2, 0.25) is 0 Å². The lowest BCUT2D eigenvalue weighted by atomic mass is 10.2. The van der Waals surface area contributed by atoms with Crippen molar-refractivity contribution in [2.45, 2.75) is 52.4 Å². The Kier molecular flexibility index (Phi) is 5.42. The van der Waals surface area contributed by atoms with Gasteiger partial charge in [0.25, 0.3) is 0 Å².